The van der Waals surface area contributed by atoms with Crippen LogP contribution in [0.15, 0.2) is 54.6 Å². The Balaban J connectivity index is 1.82. The van der Waals surface area contributed by atoms with E-state index >= 15 is 0 Å². The molecular formula is C51H71N9O10. The molecule has 1 heterocycles. The Kier molecular flexibility index (Phi) is 23.0. The summed E-state index contributed by atoms with van der Waals surface area (Å²) in [5.41, 5.74) is 15.4. The lowest BCUT2D eigenvalue weighted by Gasteiger charge is -2.33. The predicted octanol–water partition coefficient (Wildman–Crippen LogP) is 1.97. The standard InChI is InChI=1S/C51H71N9O10/c1-5-6-7-8-9-10-11-34-12-15-38(32(2)26-34)48(65)58-41(16-19-45(63)57-37(30-61)31-62)51(68)60(4)46-36-14-18-44(70-25-22-54)40(29-36)39-27-35(13-17-43(39)69-24-21-53)28-42(49(66)55-23-20-52)59-47(64)33(3)56-50(46)67/h12-15,17-18,26-27,29,33,37,41-42,46,61-62H,5-11,16,19,21-25,28,30-31,53-54H2,1-4H3,(H,55,66)(H,56,67)(H,57,63)(H,58,65)(H,59,64)/t33?,41-,42?,46?/m0/s1. The van der Waals surface area contributed by atoms with Crippen LogP contribution < -0.4 is 47.5 Å². The number of likely N-dealkylation sites (N-methyl/N-ethyl adjacent to an activating group) is 1. The number of nitriles is 1. The molecule has 19 heteroatoms. The van der Waals surface area contributed by atoms with Crippen molar-refractivity contribution < 1.29 is 48.5 Å². The van der Waals surface area contributed by atoms with Crippen LogP contribution in [0.25, 0.3) is 11.1 Å². The van der Waals surface area contributed by atoms with Gasteiger partial charge < -0.3 is 62.6 Å². The van der Waals surface area contributed by atoms with Crippen molar-refractivity contribution in [2.24, 2.45) is 11.5 Å². The maximum atomic E-state index is 15.0. The van der Waals surface area contributed by atoms with Crippen molar-refractivity contribution in [3.63, 3.8) is 0 Å². The lowest BCUT2D eigenvalue weighted by molar-refractivity contribution is -0.142. The number of nitrogens with zero attached hydrogens (tertiary/aromatic N) is 2. The zero-order valence-corrected chi connectivity index (χ0v) is 40.8. The molecule has 0 fully saturated rings. The number of aryl methyl sites for hydroxylation is 2. The van der Waals surface area contributed by atoms with Crippen LogP contribution in [0, 0.1) is 18.3 Å². The molecule has 0 aromatic heterocycles. The minimum atomic E-state index is -1.50. The minimum Gasteiger partial charge on any atom is -0.492 e. The normalized spacial score (nSPS) is 16.1. The summed E-state index contributed by atoms with van der Waals surface area (Å²) in [6, 6.07) is 11.0. The van der Waals surface area contributed by atoms with Crippen LogP contribution in [-0.4, -0.2) is 128 Å². The highest BCUT2D eigenvalue weighted by atomic mass is 16.5. The number of rotatable bonds is 25. The van der Waals surface area contributed by atoms with Gasteiger partial charge in [0.05, 0.1) is 25.3 Å². The molecule has 4 rings (SSSR count). The summed E-state index contributed by atoms with van der Waals surface area (Å²) in [4.78, 5) is 85.4. The van der Waals surface area contributed by atoms with Gasteiger partial charge in [-0.1, -0.05) is 63.3 Å². The monoisotopic (exact) mass is 970 g/mol. The summed E-state index contributed by atoms with van der Waals surface area (Å²) in [6.45, 7) is 4.54. The second-order valence-electron chi connectivity index (χ2n) is 17.4. The first-order chi connectivity index (χ1) is 33.7. The highest BCUT2D eigenvalue weighted by molar-refractivity contribution is 6.00. The SMILES string of the molecule is CCCCCCCCc1ccc(C(=O)N[C@@H](CCC(=O)NC(CO)CO)C(=O)N(C)C2C(=O)NC(C)C(=O)NC(C(=O)NCC#N)Cc3ccc(OCCN)c(c3)-c3cc2ccc3OCCN)c(C)c1. The van der Waals surface area contributed by atoms with Crippen molar-refractivity contribution in [1.82, 2.24) is 31.5 Å². The number of ether oxygens (including phenoxy) is 2. The number of benzene rings is 3. The van der Waals surface area contributed by atoms with Crippen molar-refractivity contribution in [2.45, 2.75) is 115 Å². The van der Waals surface area contributed by atoms with Gasteiger partial charge in [-0.3, -0.25) is 28.8 Å². The van der Waals surface area contributed by atoms with Crippen molar-refractivity contribution >= 4 is 35.4 Å². The van der Waals surface area contributed by atoms with E-state index in [1.54, 1.807) is 49.4 Å². The van der Waals surface area contributed by atoms with E-state index in [2.05, 4.69) is 33.5 Å². The number of amides is 6. The molecular weight excluding hydrogens is 899 g/mol. The van der Waals surface area contributed by atoms with Gasteiger partial charge in [0.15, 0.2) is 0 Å². The van der Waals surface area contributed by atoms with E-state index in [-0.39, 0.29) is 57.7 Å². The Bertz CT molecular complexity index is 2300. The number of nitrogens with two attached hydrogens (primary N) is 2. The first-order valence-electron chi connectivity index (χ1n) is 24.1. The summed E-state index contributed by atoms with van der Waals surface area (Å²) in [5, 5.41) is 41.6. The molecule has 6 amide bonds. The molecule has 11 N–H and O–H groups in total. The molecule has 0 radical (unpaired) electrons. The Labute approximate surface area is 410 Å². The maximum absolute atomic E-state index is 15.0. The largest absolute Gasteiger partial charge is 0.492 e. The van der Waals surface area contributed by atoms with Crippen LogP contribution in [0.4, 0.5) is 0 Å². The molecule has 4 atom stereocenters. The molecule has 0 spiro atoms. The lowest BCUT2D eigenvalue weighted by atomic mass is 9.93. The maximum Gasteiger partial charge on any atom is 0.252 e. The van der Waals surface area contributed by atoms with Gasteiger partial charge in [0.25, 0.3) is 5.91 Å². The number of hydrogen-bond acceptors (Lipinski definition) is 13. The van der Waals surface area contributed by atoms with Gasteiger partial charge in [-0.25, -0.2) is 0 Å². The van der Waals surface area contributed by atoms with E-state index in [0.29, 0.717) is 39.3 Å². The summed E-state index contributed by atoms with van der Waals surface area (Å²) in [7, 11) is 1.36. The number of aliphatic hydroxyl groups is 2. The number of hydrogen-bond donors (Lipinski definition) is 9. The van der Waals surface area contributed by atoms with Gasteiger partial charge in [-0.2, -0.15) is 5.26 Å². The molecule has 19 nitrogen and oxygen atoms in total. The topological polar surface area (TPSA) is 301 Å². The van der Waals surface area contributed by atoms with E-state index in [4.69, 9.17) is 20.9 Å². The van der Waals surface area contributed by atoms with Gasteiger partial charge in [0, 0.05) is 49.7 Å². The number of fused-ring (bicyclic) bond motifs is 5. The minimum absolute atomic E-state index is 0.0268. The van der Waals surface area contributed by atoms with Crippen LogP contribution in [0.2, 0.25) is 0 Å². The fraction of sp³-hybridized carbons (Fsp3) is 0.510. The van der Waals surface area contributed by atoms with Gasteiger partial charge >= 0.3 is 0 Å². The van der Waals surface area contributed by atoms with E-state index < -0.39 is 78.9 Å². The average molecular weight is 970 g/mol. The van der Waals surface area contributed by atoms with Crippen LogP contribution in [0.1, 0.15) is 104 Å². The summed E-state index contributed by atoms with van der Waals surface area (Å²) in [5.74, 6) is -3.48. The zero-order valence-electron chi connectivity index (χ0n) is 40.8. The molecule has 380 valence electrons. The van der Waals surface area contributed by atoms with Crippen molar-refractivity contribution in [1.29, 1.82) is 5.26 Å². The third-order valence-corrected chi connectivity index (χ3v) is 12.0. The Hall–Kier alpha value is -6.59. The van der Waals surface area contributed by atoms with E-state index in [1.807, 2.05) is 18.2 Å². The zero-order chi connectivity index (χ0) is 51.2. The third-order valence-electron chi connectivity index (χ3n) is 12.0. The number of unbranched alkanes of at least 4 members (excludes halogenated alkanes) is 5. The number of carbonyl (C=O) groups excluding carboxylic acids is 6. The van der Waals surface area contributed by atoms with Crippen LogP contribution >= 0.6 is 0 Å². The smallest absolute Gasteiger partial charge is 0.252 e. The molecule has 3 aromatic rings. The molecule has 0 saturated carbocycles. The number of nitrogens with one attached hydrogen (secondary N) is 5. The first-order valence-corrected chi connectivity index (χ1v) is 24.1. The third kappa shape index (κ3) is 16.3. The summed E-state index contributed by atoms with van der Waals surface area (Å²) >= 11 is 0. The predicted molar refractivity (Wildman–Crippen MR) is 263 cm³/mol. The van der Waals surface area contributed by atoms with Crippen LogP contribution in [0.3, 0.4) is 0 Å². The quantitative estimate of drug-likeness (QED) is 0.0434. The fourth-order valence-electron chi connectivity index (χ4n) is 8.17. The molecule has 4 bridgehead atoms. The lowest BCUT2D eigenvalue weighted by Crippen LogP contribution is -2.56. The Morgan fingerprint density at radius 3 is 2.17 bits per heavy atom. The Morgan fingerprint density at radius 2 is 1.53 bits per heavy atom. The molecule has 3 aromatic carbocycles. The highest BCUT2D eigenvalue weighted by Crippen LogP contribution is 2.40. The van der Waals surface area contributed by atoms with Crippen LogP contribution in [-0.2, 0) is 36.8 Å². The first kappa shape index (κ1) is 56.0. The average Bonchev–Trinajstić information content (AvgIpc) is 3.35. The Morgan fingerprint density at radius 1 is 0.871 bits per heavy atom. The van der Waals surface area contributed by atoms with Gasteiger partial charge in [0.2, 0.25) is 29.5 Å². The summed E-state index contributed by atoms with van der Waals surface area (Å²) < 4.78 is 12.2. The van der Waals surface area contributed by atoms with Crippen molar-refractivity contribution in [3.8, 4) is 28.7 Å². The second-order valence-corrected chi connectivity index (χ2v) is 17.4. The molecule has 0 saturated heterocycles. The van der Waals surface area contributed by atoms with Gasteiger partial charge in [0.1, 0.15) is 55.4 Å². The van der Waals surface area contributed by atoms with E-state index in [0.717, 1.165) is 36.1 Å². The highest BCUT2D eigenvalue weighted by Gasteiger charge is 2.36. The molecule has 0 aliphatic carbocycles. The molecule has 1 aliphatic rings. The van der Waals surface area contributed by atoms with E-state index in [1.165, 1.54) is 33.2 Å². The molecule has 3 unspecified atom stereocenters. The molecule has 1 aliphatic heterocycles. The number of carbonyl (C=O) groups is 6. The van der Waals surface area contributed by atoms with Gasteiger partial charge in [-0.15, -0.1) is 0 Å². The van der Waals surface area contributed by atoms with Crippen molar-refractivity contribution in [2.75, 3.05) is 53.1 Å². The van der Waals surface area contributed by atoms with Gasteiger partial charge in [-0.05, 0) is 85.7 Å². The number of aliphatic hydroxyl groups excluding tert-OH is 2. The molecule has 70 heavy (non-hydrogen) atoms. The van der Waals surface area contributed by atoms with Crippen LogP contribution in [0.5, 0.6) is 11.5 Å². The second kappa shape index (κ2) is 28.8. The summed E-state index contributed by atoms with van der Waals surface area (Å²) in [6.07, 6.45) is 7.07. The van der Waals surface area contributed by atoms with E-state index in [9.17, 15) is 44.2 Å². The van der Waals surface area contributed by atoms with Crippen molar-refractivity contribution in [3.05, 3.63) is 82.4 Å². The fourth-order valence-corrected chi connectivity index (χ4v) is 8.17.